The molecule has 0 spiro atoms. The first-order valence-corrected chi connectivity index (χ1v) is 31.8. The molecular weight excluding hydrogens is 1120 g/mol. The predicted octanol–water partition coefficient (Wildman–Crippen LogP) is 6.56. The SMILES string of the molecule is COc1ccccc1CCC(=O)NC(OC(=O)C(=O)OC(NC(=O)CCc1ccccc1OC)[C@@H](Cc1c[nH]c2ccccc12)NC(=O)CN1CCC(N2CCCCC2)CC1)[C@@H](Cc1c[nH]c2ccccc12)NC(=O)CN1CCC(N2CCCCC2)CC1. The second-order valence-electron chi connectivity index (χ2n) is 24.1. The van der Waals surface area contributed by atoms with Crippen molar-refractivity contribution in [3.63, 3.8) is 0 Å². The van der Waals surface area contributed by atoms with Crippen LogP contribution in [0.2, 0.25) is 0 Å². The number of esters is 2. The highest BCUT2D eigenvalue weighted by molar-refractivity contribution is 6.29. The molecular formula is C68H88N10O10. The minimum Gasteiger partial charge on any atom is -0.496 e. The Balaban J connectivity index is 0.921. The van der Waals surface area contributed by atoms with Crippen LogP contribution in [0.15, 0.2) is 109 Å². The number of carbonyl (C=O) groups excluding carboxylic acids is 6. The molecule has 88 heavy (non-hydrogen) atoms. The quantitative estimate of drug-likeness (QED) is 0.0192. The second-order valence-corrected chi connectivity index (χ2v) is 24.1. The van der Waals surface area contributed by atoms with Crippen LogP contribution in [0.25, 0.3) is 21.8 Å². The van der Waals surface area contributed by atoms with Gasteiger partial charge in [-0.3, -0.25) is 29.0 Å². The number of aromatic nitrogens is 2. The first kappa shape index (κ1) is 63.2. The minimum atomic E-state index is -1.62. The highest BCUT2D eigenvalue weighted by atomic mass is 16.6. The Bertz CT molecular complexity index is 3070. The van der Waals surface area contributed by atoms with E-state index in [0.29, 0.717) is 23.6 Å². The zero-order valence-corrected chi connectivity index (χ0v) is 51.1. The summed E-state index contributed by atoms with van der Waals surface area (Å²) < 4.78 is 23.5. The normalized spacial score (nSPS) is 18.2. The van der Waals surface area contributed by atoms with Gasteiger partial charge < -0.3 is 60.0 Å². The van der Waals surface area contributed by atoms with Gasteiger partial charge in [0.05, 0.1) is 39.4 Å². The average Bonchev–Trinajstić information content (AvgIpc) is 4.32. The summed E-state index contributed by atoms with van der Waals surface area (Å²) in [5.74, 6) is -3.60. The number of para-hydroxylation sites is 4. The van der Waals surface area contributed by atoms with E-state index in [0.717, 1.165) is 122 Å². The predicted molar refractivity (Wildman–Crippen MR) is 336 cm³/mol. The first-order chi connectivity index (χ1) is 43.0. The number of hydrogen-bond acceptors (Lipinski definition) is 14. The second kappa shape index (κ2) is 31.4. The summed E-state index contributed by atoms with van der Waals surface area (Å²) in [7, 11) is 3.11. The standard InChI is InChI=1S/C68H88N10O10/c1-85-59-23-11-5-17-47(59)25-27-61(79)73-65(57(41-49-43-69-55-21-9-7-19-53(49)55)71-63(81)45-75-37-29-51(30-38-75)77-33-13-3-14-34-77)87-67(83)68(84)88-66(74-62(80)28-26-48-18-6-12-24-60(48)86-2)58(42-50-44-70-56-22-10-8-20-54(50)56)72-64(82)46-76-39-31-52(32-40-76)78-35-15-4-16-36-78/h5-12,17-24,43-44,51-52,57-58,65-66,69-70H,3-4,13-16,25-42,45-46H2,1-2H3,(H,71,81)(H,72,82)(H,73,79)(H,74,80)/t57-,58-,65?,66?/m1/s1. The number of aromatic amines is 2. The molecule has 0 radical (unpaired) electrons. The zero-order valence-electron chi connectivity index (χ0n) is 51.1. The van der Waals surface area contributed by atoms with Gasteiger partial charge in [0.25, 0.3) is 0 Å². The Hall–Kier alpha value is -7.78. The smallest absolute Gasteiger partial charge is 0.419 e. The molecule has 4 atom stereocenters. The van der Waals surface area contributed by atoms with Crippen molar-refractivity contribution in [1.29, 1.82) is 0 Å². The molecule has 4 aliphatic rings. The van der Waals surface area contributed by atoms with E-state index in [1.54, 1.807) is 26.4 Å². The van der Waals surface area contributed by atoms with Gasteiger partial charge in [0.2, 0.25) is 23.6 Å². The highest BCUT2D eigenvalue weighted by Crippen LogP contribution is 2.27. The summed E-state index contributed by atoms with van der Waals surface area (Å²) in [4.78, 5) is 103. The molecule has 20 nitrogen and oxygen atoms in total. The van der Waals surface area contributed by atoms with Crippen molar-refractivity contribution < 1.29 is 47.7 Å². The third kappa shape index (κ3) is 17.3. The molecule has 6 N–H and O–H groups in total. The van der Waals surface area contributed by atoms with Crippen LogP contribution in [0, 0.1) is 0 Å². The van der Waals surface area contributed by atoms with Crippen molar-refractivity contribution in [1.82, 2.24) is 50.8 Å². The number of fused-ring (bicyclic) bond motifs is 2. The minimum absolute atomic E-state index is 0.0560. The number of benzene rings is 4. The molecule has 2 aromatic heterocycles. The number of aryl methyl sites for hydroxylation is 2. The topological polar surface area (TPSA) is 232 Å². The number of rotatable bonds is 26. The van der Waals surface area contributed by atoms with Gasteiger partial charge in [0.1, 0.15) is 11.5 Å². The molecule has 0 bridgehead atoms. The van der Waals surface area contributed by atoms with E-state index in [-0.39, 0.29) is 63.4 Å². The summed E-state index contributed by atoms with van der Waals surface area (Å²) in [6.07, 6.45) is 11.9. The van der Waals surface area contributed by atoms with Crippen molar-refractivity contribution >= 4 is 57.4 Å². The number of piperidine rings is 4. The van der Waals surface area contributed by atoms with E-state index in [9.17, 15) is 28.8 Å². The molecule has 4 aliphatic heterocycles. The van der Waals surface area contributed by atoms with Crippen LogP contribution in [0.1, 0.15) is 99.3 Å². The highest BCUT2D eigenvalue weighted by Gasteiger charge is 2.38. The van der Waals surface area contributed by atoms with Crippen LogP contribution < -0.4 is 30.7 Å². The largest absolute Gasteiger partial charge is 0.496 e. The number of hydrogen-bond donors (Lipinski definition) is 6. The van der Waals surface area contributed by atoms with Gasteiger partial charge in [-0.1, -0.05) is 85.6 Å². The Kier molecular flexibility index (Phi) is 22.6. The van der Waals surface area contributed by atoms with Crippen LogP contribution in [0.4, 0.5) is 0 Å². The number of nitrogens with one attached hydrogen (secondary N) is 6. The number of H-pyrrole nitrogens is 2. The summed E-state index contributed by atoms with van der Waals surface area (Å²) in [6.45, 7) is 7.40. The Labute approximate surface area is 516 Å². The average molecular weight is 1210 g/mol. The summed E-state index contributed by atoms with van der Waals surface area (Å²) in [5, 5.41) is 13.7. The third-order valence-corrected chi connectivity index (χ3v) is 18.2. The lowest BCUT2D eigenvalue weighted by Gasteiger charge is -2.40. The van der Waals surface area contributed by atoms with Crippen LogP contribution in [0.3, 0.4) is 0 Å². The van der Waals surface area contributed by atoms with E-state index < -0.39 is 48.3 Å². The van der Waals surface area contributed by atoms with Crippen LogP contribution in [-0.2, 0) is 63.9 Å². The van der Waals surface area contributed by atoms with Crippen molar-refractivity contribution in [2.24, 2.45) is 0 Å². The maximum absolute atomic E-state index is 14.8. The van der Waals surface area contributed by atoms with Crippen LogP contribution >= 0.6 is 0 Å². The van der Waals surface area contributed by atoms with Crippen molar-refractivity contribution in [3.8, 4) is 11.5 Å². The molecule has 4 amide bonds. The zero-order chi connectivity index (χ0) is 61.2. The third-order valence-electron chi connectivity index (χ3n) is 18.2. The van der Waals surface area contributed by atoms with Crippen molar-refractivity contribution in [2.75, 3.05) is 79.7 Å². The van der Waals surface area contributed by atoms with Gasteiger partial charge in [0.15, 0.2) is 12.5 Å². The number of amides is 4. The Morgan fingerprint density at radius 3 is 1.23 bits per heavy atom. The lowest BCUT2D eigenvalue weighted by molar-refractivity contribution is -0.179. The van der Waals surface area contributed by atoms with Crippen LogP contribution in [0.5, 0.6) is 11.5 Å². The summed E-state index contributed by atoms with van der Waals surface area (Å²) in [5.41, 5.74) is 4.72. The van der Waals surface area contributed by atoms with E-state index >= 15 is 0 Å². The molecule has 0 saturated carbocycles. The molecule has 470 valence electrons. The lowest BCUT2D eigenvalue weighted by Crippen LogP contribution is -2.58. The fraction of sp³-hybridized carbons (Fsp3) is 0.500. The maximum Gasteiger partial charge on any atom is 0.419 e. The molecule has 20 heteroatoms. The number of methoxy groups -OCH3 is 2. The van der Waals surface area contributed by atoms with Crippen molar-refractivity contribution in [3.05, 3.63) is 132 Å². The monoisotopic (exact) mass is 1200 g/mol. The lowest BCUT2D eigenvalue weighted by atomic mass is 10.00. The number of likely N-dealkylation sites (tertiary alicyclic amines) is 4. The fourth-order valence-electron chi connectivity index (χ4n) is 13.4. The molecule has 4 aromatic carbocycles. The van der Waals surface area contributed by atoms with Gasteiger partial charge in [-0.15, -0.1) is 0 Å². The van der Waals surface area contributed by atoms with Gasteiger partial charge in [-0.2, -0.15) is 0 Å². The molecule has 6 aromatic rings. The van der Waals surface area contributed by atoms with Crippen molar-refractivity contribution in [2.45, 2.75) is 139 Å². The molecule has 0 aliphatic carbocycles. The van der Waals surface area contributed by atoms with Gasteiger partial charge in [0, 0.05) is 98.1 Å². The van der Waals surface area contributed by atoms with Gasteiger partial charge >= 0.3 is 11.9 Å². The maximum atomic E-state index is 14.8. The number of nitrogens with zero attached hydrogens (tertiary/aromatic N) is 4. The van der Waals surface area contributed by atoms with E-state index in [1.165, 1.54) is 38.5 Å². The Morgan fingerprint density at radius 2 is 0.830 bits per heavy atom. The summed E-state index contributed by atoms with van der Waals surface area (Å²) >= 11 is 0. The van der Waals surface area contributed by atoms with Crippen LogP contribution in [-0.4, -0.2) is 181 Å². The van der Waals surface area contributed by atoms with E-state index in [4.69, 9.17) is 18.9 Å². The molecule has 10 rings (SSSR count). The van der Waals surface area contributed by atoms with Gasteiger partial charge in [-0.05, 0) is 137 Å². The molecule has 6 heterocycles. The molecule has 4 fully saturated rings. The molecule has 2 unspecified atom stereocenters. The first-order valence-electron chi connectivity index (χ1n) is 31.8. The van der Waals surface area contributed by atoms with Gasteiger partial charge in [-0.25, -0.2) is 9.59 Å². The summed E-state index contributed by atoms with van der Waals surface area (Å²) in [6, 6.07) is 28.7. The number of ether oxygens (including phenoxy) is 4. The Morgan fingerprint density at radius 1 is 0.455 bits per heavy atom. The molecule has 4 saturated heterocycles. The van der Waals surface area contributed by atoms with E-state index in [2.05, 4.69) is 50.8 Å². The fourth-order valence-corrected chi connectivity index (χ4v) is 13.4. The van der Waals surface area contributed by atoms with E-state index in [1.807, 2.05) is 97.3 Å². The number of carbonyl (C=O) groups is 6.